The number of rotatable bonds is 4. The molecular formula is C25H15NO6. The first kappa shape index (κ1) is 19.4. The number of fused-ring (bicyclic) bond motifs is 2. The van der Waals surface area contributed by atoms with Gasteiger partial charge in [-0.15, -0.1) is 0 Å². The molecular weight excluding hydrogens is 410 g/mol. The second kappa shape index (κ2) is 7.63. The fourth-order valence-corrected chi connectivity index (χ4v) is 3.62. The van der Waals surface area contributed by atoms with E-state index in [9.17, 15) is 19.2 Å². The highest BCUT2D eigenvalue weighted by Gasteiger charge is 2.36. The first-order chi connectivity index (χ1) is 15.5. The Morgan fingerprint density at radius 2 is 1.47 bits per heavy atom. The average molecular weight is 425 g/mol. The van der Waals surface area contributed by atoms with E-state index in [1.54, 1.807) is 12.1 Å². The molecule has 2 amide bonds. The lowest BCUT2D eigenvalue weighted by atomic mass is 10.1. The SMILES string of the molecule is O=C(CN1C(=O)c2ccccc2C1=O)Oc1ccc2oc(-c3ccccc3)cc(=O)c2c1. The number of nitrogens with zero attached hydrogens (tertiary/aromatic N) is 1. The van der Waals surface area contributed by atoms with Crippen molar-refractivity contribution in [1.29, 1.82) is 0 Å². The van der Waals surface area contributed by atoms with E-state index in [-0.39, 0.29) is 27.7 Å². The summed E-state index contributed by atoms with van der Waals surface area (Å²) in [4.78, 5) is 50.7. The van der Waals surface area contributed by atoms with Crippen molar-refractivity contribution in [1.82, 2.24) is 4.90 Å². The largest absolute Gasteiger partial charge is 0.456 e. The van der Waals surface area contributed by atoms with Crippen molar-refractivity contribution < 1.29 is 23.5 Å². The van der Waals surface area contributed by atoms with Gasteiger partial charge >= 0.3 is 5.97 Å². The van der Waals surface area contributed by atoms with E-state index < -0.39 is 24.3 Å². The van der Waals surface area contributed by atoms with Crippen LogP contribution >= 0.6 is 0 Å². The first-order valence-electron chi connectivity index (χ1n) is 9.80. The van der Waals surface area contributed by atoms with Crippen molar-refractivity contribution in [2.24, 2.45) is 0 Å². The lowest BCUT2D eigenvalue weighted by molar-refractivity contribution is -0.134. The average Bonchev–Trinajstić information content (AvgIpc) is 3.05. The molecule has 0 radical (unpaired) electrons. The molecule has 0 spiro atoms. The molecule has 1 aliphatic heterocycles. The fourth-order valence-electron chi connectivity index (χ4n) is 3.62. The lowest BCUT2D eigenvalue weighted by Crippen LogP contribution is -2.36. The summed E-state index contributed by atoms with van der Waals surface area (Å²) in [5.74, 6) is -1.35. The lowest BCUT2D eigenvalue weighted by Gasteiger charge is -2.13. The predicted molar refractivity (Wildman–Crippen MR) is 115 cm³/mol. The van der Waals surface area contributed by atoms with Crippen LogP contribution in [0, 0.1) is 0 Å². The molecule has 7 nitrogen and oxygen atoms in total. The zero-order valence-corrected chi connectivity index (χ0v) is 16.6. The van der Waals surface area contributed by atoms with Gasteiger partial charge in [-0.3, -0.25) is 19.3 Å². The van der Waals surface area contributed by atoms with Crippen LogP contribution in [0.1, 0.15) is 20.7 Å². The van der Waals surface area contributed by atoms with E-state index in [4.69, 9.17) is 9.15 Å². The van der Waals surface area contributed by atoms with Crippen LogP contribution in [0.3, 0.4) is 0 Å². The van der Waals surface area contributed by atoms with Gasteiger partial charge in [-0.2, -0.15) is 0 Å². The third kappa shape index (κ3) is 3.35. The number of ether oxygens (including phenoxy) is 1. The van der Waals surface area contributed by atoms with Crippen LogP contribution in [0.15, 0.2) is 88.1 Å². The Hall–Kier alpha value is -4.52. The molecule has 0 saturated heterocycles. The molecule has 2 heterocycles. The number of carbonyl (C=O) groups is 3. The van der Waals surface area contributed by atoms with Gasteiger partial charge in [0, 0.05) is 11.6 Å². The first-order valence-corrected chi connectivity index (χ1v) is 9.80. The van der Waals surface area contributed by atoms with Crippen molar-refractivity contribution >= 4 is 28.8 Å². The van der Waals surface area contributed by atoms with Gasteiger partial charge in [-0.1, -0.05) is 42.5 Å². The molecule has 5 rings (SSSR count). The highest BCUT2D eigenvalue weighted by Crippen LogP contribution is 2.25. The Kier molecular flexibility index (Phi) is 4.63. The summed E-state index contributed by atoms with van der Waals surface area (Å²) in [5, 5.41) is 0.246. The maximum absolute atomic E-state index is 12.6. The van der Waals surface area contributed by atoms with Gasteiger partial charge in [-0.05, 0) is 30.3 Å². The Morgan fingerprint density at radius 1 is 0.812 bits per heavy atom. The number of carbonyl (C=O) groups excluding carboxylic acids is 3. The van der Waals surface area contributed by atoms with Crippen molar-refractivity contribution in [2.75, 3.05) is 6.54 Å². The quantitative estimate of drug-likeness (QED) is 0.281. The zero-order valence-electron chi connectivity index (χ0n) is 16.6. The summed E-state index contributed by atoms with van der Waals surface area (Å²) in [5.41, 5.74) is 1.33. The van der Waals surface area contributed by atoms with Crippen LogP contribution in [-0.4, -0.2) is 29.2 Å². The highest BCUT2D eigenvalue weighted by molar-refractivity contribution is 6.22. The minimum atomic E-state index is -0.802. The maximum atomic E-state index is 12.6. The molecule has 1 aromatic heterocycles. The van der Waals surface area contributed by atoms with Gasteiger partial charge in [0.1, 0.15) is 23.6 Å². The molecule has 32 heavy (non-hydrogen) atoms. The predicted octanol–water partition coefficient (Wildman–Crippen LogP) is 3.66. The molecule has 0 bridgehead atoms. The fraction of sp³-hybridized carbons (Fsp3) is 0.0400. The van der Waals surface area contributed by atoms with Gasteiger partial charge in [0.05, 0.1) is 16.5 Å². The van der Waals surface area contributed by atoms with Crippen LogP contribution in [0.4, 0.5) is 0 Å². The van der Waals surface area contributed by atoms with Gasteiger partial charge in [0.15, 0.2) is 5.43 Å². The van der Waals surface area contributed by atoms with E-state index in [1.807, 2.05) is 30.3 Å². The molecule has 0 N–H and O–H groups in total. The van der Waals surface area contributed by atoms with Crippen LogP contribution in [0.25, 0.3) is 22.3 Å². The number of esters is 1. The van der Waals surface area contributed by atoms with E-state index in [0.717, 1.165) is 10.5 Å². The van der Waals surface area contributed by atoms with Crippen molar-refractivity contribution in [2.45, 2.75) is 0 Å². The smallest absolute Gasteiger partial charge is 0.331 e. The topological polar surface area (TPSA) is 93.9 Å². The molecule has 0 unspecified atom stereocenters. The Bertz CT molecular complexity index is 1420. The van der Waals surface area contributed by atoms with Crippen LogP contribution < -0.4 is 10.2 Å². The van der Waals surface area contributed by atoms with E-state index >= 15 is 0 Å². The molecule has 156 valence electrons. The molecule has 0 aliphatic carbocycles. The van der Waals surface area contributed by atoms with E-state index in [1.165, 1.54) is 36.4 Å². The Morgan fingerprint density at radius 3 is 2.16 bits per heavy atom. The Balaban J connectivity index is 1.36. The monoisotopic (exact) mass is 425 g/mol. The van der Waals surface area contributed by atoms with Gasteiger partial charge in [-0.25, -0.2) is 4.79 Å². The van der Waals surface area contributed by atoms with Gasteiger partial charge in [0.25, 0.3) is 11.8 Å². The summed E-state index contributed by atoms with van der Waals surface area (Å²) in [6, 6.07) is 21.4. The minimum absolute atomic E-state index is 0.110. The second-order valence-corrected chi connectivity index (χ2v) is 7.21. The summed E-state index contributed by atoms with van der Waals surface area (Å²) in [7, 11) is 0. The van der Waals surface area contributed by atoms with Crippen molar-refractivity contribution in [3.8, 4) is 17.1 Å². The number of benzene rings is 3. The Labute approximate surface area is 181 Å². The third-order valence-corrected chi connectivity index (χ3v) is 5.15. The standard InChI is InChI=1S/C25H15NO6/c27-20-13-22(15-6-2-1-3-7-15)32-21-11-10-16(12-19(20)21)31-23(28)14-26-24(29)17-8-4-5-9-18(17)25(26)30/h1-13H,14H2. The number of hydrogen-bond acceptors (Lipinski definition) is 6. The zero-order chi connectivity index (χ0) is 22.2. The van der Waals surface area contributed by atoms with Crippen LogP contribution in [0.5, 0.6) is 5.75 Å². The molecule has 3 aromatic carbocycles. The maximum Gasteiger partial charge on any atom is 0.331 e. The van der Waals surface area contributed by atoms with Crippen LogP contribution in [-0.2, 0) is 4.79 Å². The van der Waals surface area contributed by atoms with E-state index in [0.29, 0.717) is 11.3 Å². The van der Waals surface area contributed by atoms with Gasteiger partial charge in [0.2, 0.25) is 0 Å². The number of hydrogen-bond donors (Lipinski definition) is 0. The highest BCUT2D eigenvalue weighted by atomic mass is 16.5. The molecule has 0 fully saturated rings. The van der Waals surface area contributed by atoms with Crippen molar-refractivity contribution in [3.05, 3.63) is 100 Å². The summed E-state index contributed by atoms with van der Waals surface area (Å²) in [6.45, 7) is -0.536. The summed E-state index contributed by atoms with van der Waals surface area (Å²) in [6.07, 6.45) is 0. The number of amides is 2. The summed E-state index contributed by atoms with van der Waals surface area (Å²) < 4.78 is 11.1. The molecule has 0 saturated carbocycles. The molecule has 4 aromatic rings. The van der Waals surface area contributed by atoms with Crippen LogP contribution in [0.2, 0.25) is 0 Å². The normalized spacial score (nSPS) is 12.8. The van der Waals surface area contributed by atoms with Gasteiger partial charge < -0.3 is 9.15 Å². The second-order valence-electron chi connectivity index (χ2n) is 7.21. The summed E-state index contributed by atoms with van der Waals surface area (Å²) >= 11 is 0. The minimum Gasteiger partial charge on any atom is -0.456 e. The molecule has 7 heteroatoms. The van der Waals surface area contributed by atoms with Crippen molar-refractivity contribution in [3.63, 3.8) is 0 Å². The number of imide groups is 1. The third-order valence-electron chi connectivity index (χ3n) is 5.15. The van der Waals surface area contributed by atoms with E-state index in [2.05, 4.69) is 0 Å². The molecule has 0 atom stereocenters. The molecule has 1 aliphatic rings.